The number of fused-ring (bicyclic) bond motifs is 1. The Balaban J connectivity index is 1.73. The first-order chi connectivity index (χ1) is 11.2. The van der Waals surface area contributed by atoms with Gasteiger partial charge in [0.2, 0.25) is 0 Å². The second-order valence-corrected chi connectivity index (χ2v) is 6.84. The van der Waals surface area contributed by atoms with E-state index in [9.17, 15) is 4.79 Å². The Kier molecular flexibility index (Phi) is 3.74. The van der Waals surface area contributed by atoms with Crippen molar-refractivity contribution in [2.75, 3.05) is 11.9 Å². The summed E-state index contributed by atoms with van der Waals surface area (Å²) in [4.78, 5) is 17.9. The number of carbonyl (C=O) groups excluding carboxylic acids is 1. The van der Waals surface area contributed by atoms with Crippen molar-refractivity contribution in [3.05, 3.63) is 27.9 Å². The maximum atomic E-state index is 12.4. The van der Waals surface area contributed by atoms with Crippen LogP contribution in [0.25, 0.3) is 11.5 Å². The number of rotatable bonds is 3. The number of ether oxygens (including phenoxy) is 1. The van der Waals surface area contributed by atoms with E-state index < -0.39 is 0 Å². The smallest absolute Gasteiger partial charge is 0.261 e. The number of aromatic nitrogens is 2. The van der Waals surface area contributed by atoms with Crippen LogP contribution in [0, 0.1) is 6.92 Å². The minimum Gasteiger partial charge on any atom is -0.376 e. The van der Waals surface area contributed by atoms with Crippen LogP contribution >= 0.6 is 11.3 Å². The predicted octanol–water partition coefficient (Wildman–Crippen LogP) is 3.23. The highest BCUT2D eigenvalue weighted by Gasteiger charge is 2.27. The summed E-state index contributed by atoms with van der Waals surface area (Å²) in [5.74, 6) is 1.03. The van der Waals surface area contributed by atoms with Crippen molar-refractivity contribution in [2.45, 2.75) is 39.2 Å². The van der Waals surface area contributed by atoms with Gasteiger partial charge in [-0.1, -0.05) is 11.2 Å². The zero-order valence-electron chi connectivity index (χ0n) is 12.8. The number of nitrogens with zero attached hydrogens (tertiary/aromatic N) is 2. The lowest BCUT2D eigenvalue weighted by Gasteiger charge is -2.12. The monoisotopic (exact) mass is 331 g/mol. The molecule has 120 valence electrons. The number of hydrogen-bond acceptors (Lipinski definition) is 6. The molecule has 0 aromatic carbocycles. The van der Waals surface area contributed by atoms with Gasteiger partial charge in [-0.3, -0.25) is 4.79 Å². The second-order valence-electron chi connectivity index (χ2n) is 5.73. The normalized spacial score (nSPS) is 17.0. The van der Waals surface area contributed by atoms with Gasteiger partial charge in [0.15, 0.2) is 5.82 Å². The molecular weight excluding hydrogens is 314 g/mol. The molecule has 0 unspecified atom stereocenters. The van der Waals surface area contributed by atoms with E-state index in [0.29, 0.717) is 24.9 Å². The number of carbonyl (C=O) groups is 1. The average Bonchev–Trinajstić information content (AvgIpc) is 3.25. The third-order valence-electron chi connectivity index (χ3n) is 4.12. The van der Waals surface area contributed by atoms with Crippen molar-refractivity contribution in [3.63, 3.8) is 0 Å². The Bertz CT molecular complexity index is 791. The summed E-state index contributed by atoms with van der Waals surface area (Å²) in [5, 5.41) is 7.71. The van der Waals surface area contributed by atoms with Crippen LogP contribution in [0.2, 0.25) is 0 Å². The van der Waals surface area contributed by atoms with Crippen LogP contribution in [0.5, 0.6) is 0 Å². The predicted molar refractivity (Wildman–Crippen MR) is 86.3 cm³/mol. The minimum absolute atomic E-state index is 0.0282. The van der Waals surface area contributed by atoms with Crippen molar-refractivity contribution in [1.82, 2.24) is 10.1 Å². The summed E-state index contributed by atoms with van der Waals surface area (Å²) in [6.45, 7) is 3.03. The fourth-order valence-corrected chi connectivity index (χ4v) is 4.18. The number of amides is 1. The van der Waals surface area contributed by atoms with Crippen molar-refractivity contribution < 1.29 is 14.1 Å². The Morgan fingerprint density at radius 3 is 3.04 bits per heavy atom. The van der Waals surface area contributed by atoms with Gasteiger partial charge in [0, 0.05) is 10.5 Å². The Labute approximate surface area is 137 Å². The van der Waals surface area contributed by atoms with Gasteiger partial charge in [-0.05, 0) is 38.2 Å². The quantitative estimate of drug-likeness (QED) is 0.934. The zero-order valence-corrected chi connectivity index (χ0v) is 13.7. The molecule has 0 atom stereocenters. The molecule has 0 spiro atoms. The van der Waals surface area contributed by atoms with E-state index in [4.69, 9.17) is 9.26 Å². The lowest BCUT2D eigenvalue weighted by Crippen LogP contribution is -2.13. The van der Waals surface area contributed by atoms with Crippen molar-refractivity contribution in [2.24, 2.45) is 0 Å². The summed E-state index contributed by atoms with van der Waals surface area (Å²) in [6, 6.07) is 0. The molecule has 0 radical (unpaired) electrons. The van der Waals surface area contributed by atoms with Gasteiger partial charge < -0.3 is 14.6 Å². The first-order valence-corrected chi connectivity index (χ1v) is 8.57. The molecule has 1 aliphatic carbocycles. The fraction of sp³-hybridized carbons (Fsp3) is 0.438. The molecule has 23 heavy (non-hydrogen) atoms. The van der Waals surface area contributed by atoms with Crippen LogP contribution in [-0.4, -0.2) is 22.7 Å². The molecule has 3 heterocycles. The molecule has 0 bridgehead atoms. The number of anilines is 1. The first-order valence-electron chi connectivity index (χ1n) is 7.75. The molecule has 7 heteroatoms. The average molecular weight is 331 g/mol. The molecule has 2 aromatic rings. The van der Waals surface area contributed by atoms with Gasteiger partial charge in [-0.25, -0.2) is 0 Å². The highest BCUT2D eigenvalue weighted by atomic mass is 32.1. The summed E-state index contributed by atoms with van der Waals surface area (Å²) < 4.78 is 10.9. The molecule has 0 saturated heterocycles. The SMILES string of the molecule is Cc1noc(-c2c(NC(=O)C3=CCCC3)sc3c2CCOC3)n1. The van der Waals surface area contributed by atoms with E-state index in [-0.39, 0.29) is 5.91 Å². The third kappa shape index (κ3) is 2.70. The van der Waals surface area contributed by atoms with E-state index in [1.807, 2.05) is 6.08 Å². The number of nitrogens with one attached hydrogen (secondary N) is 1. The van der Waals surface area contributed by atoms with Crippen molar-refractivity contribution in [3.8, 4) is 11.5 Å². The zero-order chi connectivity index (χ0) is 15.8. The highest BCUT2D eigenvalue weighted by Crippen LogP contribution is 2.42. The summed E-state index contributed by atoms with van der Waals surface area (Å²) in [5.41, 5.74) is 2.88. The van der Waals surface area contributed by atoms with Gasteiger partial charge in [0.1, 0.15) is 5.00 Å². The van der Waals surface area contributed by atoms with Crippen molar-refractivity contribution in [1.29, 1.82) is 0 Å². The van der Waals surface area contributed by atoms with Gasteiger partial charge in [0.05, 0.1) is 18.8 Å². The van der Waals surface area contributed by atoms with Gasteiger partial charge in [-0.2, -0.15) is 4.98 Å². The summed E-state index contributed by atoms with van der Waals surface area (Å²) in [6.07, 6.45) is 5.68. The van der Waals surface area contributed by atoms with Crippen LogP contribution in [0.3, 0.4) is 0 Å². The number of thiophene rings is 1. The van der Waals surface area contributed by atoms with Crippen LogP contribution in [0.15, 0.2) is 16.2 Å². The molecule has 0 saturated carbocycles. The fourth-order valence-electron chi connectivity index (χ4n) is 3.01. The summed E-state index contributed by atoms with van der Waals surface area (Å²) >= 11 is 1.54. The standard InChI is InChI=1S/C16H17N3O3S/c1-9-17-15(22-19-9)13-11-6-7-21-8-12(11)23-16(13)18-14(20)10-4-2-3-5-10/h4H,2-3,5-8H2,1H3,(H,18,20). The van der Waals surface area contributed by atoms with Gasteiger partial charge in [0.25, 0.3) is 11.8 Å². The molecule has 0 fully saturated rings. The number of allylic oxidation sites excluding steroid dienone is 1. The van der Waals surface area contributed by atoms with Crippen LogP contribution in [-0.2, 0) is 22.6 Å². The molecule has 2 aromatic heterocycles. The maximum Gasteiger partial charge on any atom is 0.261 e. The topological polar surface area (TPSA) is 77.2 Å². The van der Waals surface area contributed by atoms with Crippen LogP contribution in [0.4, 0.5) is 5.00 Å². The number of aryl methyl sites for hydroxylation is 1. The molecule has 4 rings (SSSR count). The largest absolute Gasteiger partial charge is 0.376 e. The van der Waals surface area contributed by atoms with E-state index in [1.165, 1.54) is 0 Å². The summed E-state index contributed by atoms with van der Waals surface area (Å²) in [7, 11) is 0. The number of hydrogen-bond donors (Lipinski definition) is 1. The minimum atomic E-state index is -0.0282. The van der Waals surface area contributed by atoms with E-state index in [2.05, 4.69) is 15.5 Å². The lowest BCUT2D eigenvalue weighted by atomic mass is 10.1. The Hall–Kier alpha value is -1.99. The van der Waals surface area contributed by atoms with Crippen molar-refractivity contribution >= 4 is 22.2 Å². The van der Waals surface area contributed by atoms with Crippen LogP contribution in [0.1, 0.15) is 35.5 Å². The molecule has 1 amide bonds. The molecule has 1 N–H and O–H groups in total. The van der Waals surface area contributed by atoms with Gasteiger partial charge in [-0.15, -0.1) is 11.3 Å². The van der Waals surface area contributed by atoms with E-state index in [1.54, 1.807) is 18.3 Å². The third-order valence-corrected chi connectivity index (χ3v) is 5.24. The second kappa shape index (κ2) is 5.90. The molecular formula is C16H17N3O3S. The van der Waals surface area contributed by atoms with Gasteiger partial charge >= 0.3 is 0 Å². The Morgan fingerprint density at radius 2 is 2.30 bits per heavy atom. The van der Waals surface area contributed by atoms with E-state index >= 15 is 0 Å². The van der Waals surface area contributed by atoms with Crippen LogP contribution < -0.4 is 5.32 Å². The molecule has 6 nitrogen and oxygen atoms in total. The lowest BCUT2D eigenvalue weighted by molar-refractivity contribution is -0.112. The van der Waals surface area contributed by atoms with E-state index in [0.717, 1.165) is 52.3 Å². The molecule has 2 aliphatic rings. The maximum absolute atomic E-state index is 12.4. The Morgan fingerprint density at radius 1 is 1.39 bits per heavy atom. The highest BCUT2D eigenvalue weighted by molar-refractivity contribution is 7.17. The first kappa shape index (κ1) is 14.6. The molecule has 1 aliphatic heterocycles.